The lowest BCUT2D eigenvalue weighted by atomic mass is 10.1. The van der Waals surface area contributed by atoms with Crippen LogP contribution >= 0.6 is 0 Å². The van der Waals surface area contributed by atoms with E-state index in [4.69, 9.17) is 0 Å². The Morgan fingerprint density at radius 3 is 2.69 bits per heavy atom. The highest BCUT2D eigenvalue weighted by molar-refractivity contribution is 5.66. The zero-order valence-electron chi connectivity index (χ0n) is 7.34. The maximum Gasteiger partial charge on any atom is 0.123 e. The summed E-state index contributed by atoms with van der Waals surface area (Å²) in [6.07, 6.45) is 3.78. The third-order valence-electron chi connectivity index (χ3n) is 2.09. The number of aromatic nitrogens is 1. The van der Waals surface area contributed by atoms with Gasteiger partial charge in [-0.2, -0.15) is 0 Å². The number of benzene rings is 1. The smallest absolute Gasteiger partial charge is 0.123 e. The fourth-order valence-electron chi connectivity index (χ4n) is 1.41. The van der Waals surface area contributed by atoms with E-state index in [1.54, 1.807) is 6.07 Å². The normalized spacial score (nSPS) is 10.3. The highest BCUT2D eigenvalue weighted by atomic mass is 19.1. The molecule has 0 radical (unpaired) electrons. The largest absolute Gasteiger partial charge is 0.367 e. The van der Waals surface area contributed by atoms with Crippen LogP contribution < -0.4 is 0 Å². The van der Waals surface area contributed by atoms with Gasteiger partial charge in [-0.3, -0.25) is 0 Å². The number of aryl methyl sites for hydroxylation is 1. The van der Waals surface area contributed by atoms with E-state index in [0.717, 1.165) is 16.7 Å². The molecule has 0 bridgehead atoms. The van der Waals surface area contributed by atoms with Crippen molar-refractivity contribution in [3.05, 3.63) is 48.0 Å². The summed E-state index contributed by atoms with van der Waals surface area (Å²) in [5.41, 5.74) is 3.10. The molecule has 0 unspecified atom stereocenters. The van der Waals surface area contributed by atoms with Gasteiger partial charge in [-0.1, -0.05) is 12.1 Å². The summed E-state index contributed by atoms with van der Waals surface area (Å²) in [6, 6.07) is 6.61. The molecule has 0 aliphatic carbocycles. The molecule has 13 heavy (non-hydrogen) atoms. The zero-order chi connectivity index (χ0) is 9.26. The minimum Gasteiger partial charge on any atom is -0.367 e. The number of hydrogen-bond donors (Lipinski definition) is 1. The molecule has 0 aliphatic rings. The van der Waals surface area contributed by atoms with Crippen molar-refractivity contribution in [3.8, 4) is 11.1 Å². The van der Waals surface area contributed by atoms with Crippen LogP contribution in [0.2, 0.25) is 0 Å². The number of H-pyrrole nitrogens is 1. The quantitative estimate of drug-likeness (QED) is 0.685. The number of halogens is 1. The second kappa shape index (κ2) is 3.05. The molecule has 0 atom stereocenters. The molecule has 1 aromatic carbocycles. The van der Waals surface area contributed by atoms with Crippen molar-refractivity contribution in [1.82, 2.24) is 4.98 Å². The Bertz CT molecular complexity index is 418. The Kier molecular flexibility index (Phi) is 1.89. The maximum atomic E-state index is 12.9. The summed E-state index contributed by atoms with van der Waals surface area (Å²) in [4.78, 5) is 2.99. The van der Waals surface area contributed by atoms with Gasteiger partial charge >= 0.3 is 0 Å². The third-order valence-corrected chi connectivity index (χ3v) is 2.09. The van der Waals surface area contributed by atoms with Crippen LogP contribution in [-0.2, 0) is 0 Å². The van der Waals surface area contributed by atoms with Crippen LogP contribution in [0, 0.1) is 12.7 Å². The topological polar surface area (TPSA) is 15.8 Å². The van der Waals surface area contributed by atoms with Crippen molar-refractivity contribution in [2.24, 2.45) is 0 Å². The van der Waals surface area contributed by atoms with Crippen LogP contribution in [0.25, 0.3) is 11.1 Å². The maximum absolute atomic E-state index is 12.9. The van der Waals surface area contributed by atoms with Crippen LogP contribution in [0.1, 0.15) is 5.56 Å². The lowest BCUT2D eigenvalue weighted by Crippen LogP contribution is -1.79. The van der Waals surface area contributed by atoms with E-state index >= 15 is 0 Å². The minimum atomic E-state index is -0.196. The molecule has 1 aromatic heterocycles. The molecule has 0 saturated heterocycles. The second-order valence-corrected chi connectivity index (χ2v) is 3.06. The molecule has 66 valence electrons. The molecular weight excluding hydrogens is 165 g/mol. The molecule has 0 amide bonds. The molecule has 0 saturated carbocycles. The number of hydrogen-bond acceptors (Lipinski definition) is 0. The average molecular weight is 175 g/mol. The van der Waals surface area contributed by atoms with E-state index in [9.17, 15) is 4.39 Å². The highest BCUT2D eigenvalue weighted by Crippen LogP contribution is 2.22. The number of rotatable bonds is 1. The summed E-state index contributed by atoms with van der Waals surface area (Å²) in [6.45, 7) is 2.00. The van der Waals surface area contributed by atoms with Gasteiger partial charge in [0.1, 0.15) is 5.82 Å². The van der Waals surface area contributed by atoms with Gasteiger partial charge in [0, 0.05) is 18.0 Å². The first-order valence-corrected chi connectivity index (χ1v) is 4.17. The fraction of sp³-hybridized carbons (Fsp3) is 0.0909. The van der Waals surface area contributed by atoms with Gasteiger partial charge in [-0.15, -0.1) is 0 Å². The van der Waals surface area contributed by atoms with Crippen LogP contribution in [0.15, 0.2) is 36.7 Å². The van der Waals surface area contributed by atoms with Crippen molar-refractivity contribution >= 4 is 0 Å². The number of nitrogens with one attached hydrogen (secondary N) is 1. The molecule has 1 heterocycles. The monoisotopic (exact) mass is 175 g/mol. The first kappa shape index (κ1) is 8.05. The highest BCUT2D eigenvalue weighted by Gasteiger charge is 2.02. The van der Waals surface area contributed by atoms with E-state index in [0.29, 0.717) is 0 Å². The van der Waals surface area contributed by atoms with Crippen LogP contribution in [0.5, 0.6) is 0 Å². The van der Waals surface area contributed by atoms with E-state index < -0.39 is 0 Å². The van der Waals surface area contributed by atoms with Crippen molar-refractivity contribution in [3.63, 3.8) is 0 Å². The zero-order valence-corrected chi connectivity index (χ0v) is 7.34. The van der Waals surface area contributed by atoms with Gasteiger partial charge in [-0.05, 0) is 30.2 Å². The molecular formula is C11H10FN. The standard InChI is InChI=1S/C11H10FN/c1-8-6-13-7-11(8)9-3-2-4-10(12)5-9/h2-7,13H,1H3. The van der Waals surface area contributed by atoms with Gasteiger partial charge < -0.3 is 4.98 Å². The van der Waals surface area contributed by atoms with Crippen LogP contribution in [0.3, 0.4) is 0 Å². The van der Waals surface area contributed by atoms with Crippen molar-refractivity contribution in [2.75, 3.05) is 0 Å². The fourth-order valence-corrected chi connectivity index (χ4v) is 1.41. The third kappa shape index (κ3) is 1.47. The molecule has 0 fully saturated rings. The molecule has 0 aliphatic heterocycles. The molecule has 0 spiro atoms. The van der Waals surface area contributed by atoms with Gasteiger partial charge in [0.2, 0.25) is 0 Å². The van der Waals surface area contributed by atoms with Gasteiger partial charge in [0.15, 0.2) is 0 Å². The molecule has 2 aromatic rings. The van der Waals surface area contributed by atoms with E-state index in [1.807, 2.05) is 25.4 Å². The Morgan fingerprint density at radius 2 is 2.08 bits per heavy atom. The summed E-state index contributed by atoms with van der Waals surface area (Å²) < 4.78 is 12.9. The predicted molar refractivity (Wildman–Crippen MR) is 50.9 cm³/mol. The molecule has 1 nitrogen and oxygen atoms in total. The Labute approximate surface area is 76.2 Å². The summed E-state index contributed by atoms with van der Waals surface area (Å²) in [7, 11) is 0. The first-order valence-electron chi connectivity index (χ1n) is 4.17. The Hall–Kier alpha value is -1.57. The van der Waals surface area contributed by atoms with Crippen LogP contribution in [0.4, 0.5) is 4.39 Å². The molecule has 2 heteroatoms. The molecule has 1 N–H and O–H groups in total. The van der Waals surface area contributed by atoms with E-state index in [1.165, 1.54) is 12.1 Å². The van der Waals surface area contributed by atoms with Gasteiger partial charge in [-0.25, -0.2) is 4.39 Å². The van der Waals surface area contributed by atoms with Crippen molar-refractivity contribution < 1.29 is 4.39 Å². The van der Waals surface area contributed by atoms with Crippen LogP contribution in [-0.4, -0.2) is 4.98 Å². The van der Waals surface area contributed by atoms with E-state index in [-0.39, 0.29) is 5.82 Å². The summed E-state index contributed by atoms with van der Waals surface area (Å²) >= 11 is 0. The van der Waals surface area contributed by atoms with Gasteiger partial charge in [0.05, 0.1) is 0 Å². The Morgan fingerprint density at radius 1 is 1.23 bits per heavy atom. The summed E-state index contributed by atoms with van der Waals surface area (Å²) in [5.74, 6) is -0.196. The van der Waals surface area contributed by atoms with Crippen molar-refractivity contribution in [2.45, 2.75) is 6.92 Å². The summed E-state index contributed by atoms with van der Waals surface area (Å²) in [5, 5.41) is 0. The average Bonchev–Trinajstić information content (AvgIpc) is 2.51. The lowest BCUT2D eigenvalue weighted by Gasteiger charge is -1.99. The minimum absolute atomic E-state index is 0.196. The predicted octanol–water partition coefficient (Wildman–Crippen LogP) is 3.13. The van der Waals surface area contributed by atoms with E-state index in [2.05, 4.69) is 4.98 Å². The second-order valence-electron chi connectivity index (χ2n) is 3.06. The van der Waals surface area contributed by atoms with Gasteiger partial charge in [0.25, 0.3) is 0 Å². The number of aromatic amines is 1. The first-order chi connectivity index (χ1) is 6.27. The SMILES string of the molecule is Cc1c[nH]cc1-c1cccc(F)c1. The molecule has 2 rings (SSSR count). The van der Waals surface area contributed by atoms with Crippen molar-refractivity contribution in [1.29, 1.82) is 0 Å². The lowest BCUT2D eigenvalue weighted by molar-refractivity contribution is 0.628. The Balaban J connectivity index is 2.53.